The maximum atomic E-state index is 12.8. The highest BCUT2D eigenvalue weighted by Crippen LogP contribution is 2.16. The Morgan fingerprint density at radius 1 is 1.37 bits per heavy atom. The van der Waals surface area contributed by atoms with Crippen LogP contribution in [0.5, 0.6) is 0 Å². The van der Waals surface area contributed by atoms with Crippen LogP contribution < -0.4 is 5.32 Å². The summed E-state index contributed by atoms with van der Waals surface area (Å²) in [6.07, 6.45) is 2.09. The van der Waals surface area contributed by atoms with Gasteiger partial charge in [-0.25, -0.2) is 9.37 Å². The number of aromatic nitrogens is 2. The first-order chi connectivity index (χ1) is 9.10. The van der Waals surface area contributed by atoms with E-state index in [4.69, 9.17) is 4.42 Å². The first kappa shape index (κ1) is 13.7. The molecule has 2 aromatic rings. The van der Waals surface area contributed by atoms with Crippen LogP contribution >= 0.6 is 0 Å². The van der Waals surface area contributed by atoms with Gasteiger partial charge < -0.3 is 9.73 Å². The lowest BCUT2D eigenvalue weighted by Crippen LogP contribution is -2.21. The third-order valence-electron chi connectivity index (χ3n) is 3.09. The minimum absolute atomic E-state index is 0.0631. The van der Waals surface area contributed by atoms with Crippen molar-refractivity contribution >= 4 is 0 Å². The van der Waals surface area contributed by atoms with Crippen molar-refractivity contribution in [3.05, 3.63) is 47.2 Å². The molecule has 2 rings (SSSR count). The molecule has 0 spiro atoms. The van der Waals surface area contributed by atoms with Crippen molar-refractivity contribution in [1.29, 1.82) is 0 Å². The summed E-state index contributed by atoms with van der Waals surface area (Å²) in [5.74, 6) is 1.18. The average molecular weight is 263 g/mol. The van der Waals surface area contributed by atoms with Crippen LogP contribution in [-0.4, -0.2) is 9.97 Å². The third kappa shape index (κ3) is 3.38. The Balaban J connectivity index is 2.01. The maximum absolute atomic E-state index is 12.8. The number of halogens is 1. The minimum Gasteiger partial charge on any atom is -0.444 e. The van der Waals surface area contributed by atoms with Crippen LogP contribution in [0.4, 0.5) is 4.39 Å². The van der Waals surface area contributed by atoms with Crippen LogP contribution in [-0.2, 0) is 6.54 Å². The molecule has 0 fully saturated rings. The average Bonchev–Trinajstić information content (AvgIpc) is 2.71. The zero-order chi connectivity index (χ0) is 13.8. The van der Waals surface area contributed by atoms with Crippen LogP contribution in [0.1, 0.15) is 42.4 Å². The molecular weight excluding hydrogens is 245 g/mol. The molecule has 0 saturated heterocycles. The van der Waals surface area contributed by atoms with E-state index in [0.717, 1.165) is 23.6 Å². The Hall–Kier alpha value is -1.75. The Bertz CT molecular complexity index is 517. The van der Waals surface area contributed by atoms with Gasteiger partial charge >= 0.3 is 0 Å². The number of nitrogens with zero attached hydrogens (tertiary/aromatic N) is 2. The third-order valence-corrected chi connectivity index (χ3v) is 3.09. The smallest absolute Gasteiger partial charge is 0.208 e. The van der Waals surface area contributed by atoms with Gasteiger partial charge in [-0.15, -0.1) is 0 Å². The van der Waals surface area contributed by atoms with Gasteiger partial charge in [0.15, 0.2) is 0 Å². The van der Waals surface area contributed by atoms with Crippen molar-refractivity contribution < 1.29 is 8.81 Å². The van der Waals surface area contributed by atoms with E-state index in [2.05, 4.69) is 22.2 Å². The SMILES string of the molecule is CCC(NCc1nc(C)c(C)o1)c1ccc(F)cn1. The molecule has 2 heterocycles. The number of nitrogens with one attached hydrogen (secondary N) is 1. The van der Waals surface area contributed by atoms with Crippen LogP contribution in [0, 0.1) is 19.7 Å². The van der Waals surface area contributed by atoms with Crippen molar-refractivity contribution in [2.75, 3.05) is 0 Å². The van der Waals surface area contributed by atoms with E-state index in [1.807, 2.05) is 13.8 Å². The first-order valence-corrected chi connectivity index (χ1v) is 6.38. The summed E-state index contributed by atoms with van der Waals surface area (Å²) in [6.45, 7) is 6.40. The van der Waals surface area contributed by atoms with Crippen LogP contribution in [0.2, 0.25) is 0 Å². The summed E-state index contributed by atoms with van der Waals surface area (Å²) in [4.78, 5) is 8.41. The van der Waals surface area contributed by atoms with Gasteiger partial charge in [0.1, 0.15) is 11.6 Å². The molecule has 1 N–H and O–H groups in total. The number of oxazole rings is 1. The second kappa shape index (κ2) is 5.93. The van der Waals surface area contributed by atoms with E-state index in [0.29, 0.717) is 12.4 Å². The molecule has 1 unspecified atom stereocenters. The predicted molar refractivity (Wildman–Crippen MR) is 70.0 cm³/mol. The van der Waals surface area contributed by atoms with Crippen molar-refractivity contribution in [2.24, 2.45) is 0 Å². The number of pyridine rings is 1. The van der Waals surface area contributed by atoms with Gasteiger partial charge in [0.25, 0.3) is 0 Å². The fraction of sp³-hybridized carbons (Fsp3) is 0.429. The first-order valence-electron chi connectivity index (χ1n) is 6.38. The molecule has 2 aromatic heterocycles. The van der Waals surface area contributed by atoms with Crippen molar-refractivity contribution in [3.63, 3.8) is 0 Å². The Morgan fingerprint density at radius 3 is 2.68 bits per heavy atom. The highest BCUT2D eigenvalue weighted by atomic mass is 19.1. The van der Waals surface area contributed by atoms with E-state index in [1.165, 1.54) is 12.3 Å². The van der Waals surface area contributed by atoms with E-state index < -0.39 is 0 Å². The lowest BCUT2D eigenvalue weighted by Gasteiger charge is -2.15. The van der Waals surface area contributed by atoms with Gasteiger partial charge in [-0.2, -0.15) is 0 Å². The van der Waals surface area contributed by atoms with Crippen LogP contribution in [0.15, 0.2) is 22.7 Å². The highest BCUT2D eigenvalue weighted by molar-refractivity contribution is 5.10. The van der Waals surface area contributed by atoms with Crippen LogP contribution in [0.25, 0.3) is 0 Å². The lowest BCUT2D eigenvalue weighted by molar-refractivity contribution is 0.416. The maximum Gasteiger partial charge on any atom is 0.208 e. The molecule has 4 nitrogen and oxygen atoms in total. The second-order valence-electron chi connectivity index (χ2n) is 4.49. The van der Waals surface area contributed by atoms with Gasteiger partial charge in [0, 0.05) is 6.04 Å². The summed E-state index contributed by atoms with van der Waals surface area (Å²) in [5, 5.41) is 3.32. The Morgan fingerprint density at radius 2 is 2.16 bits per heavy atom. The topological polar surface area (TPSA) is 51.0 Å². The molecule has 19 heavy (non-hydrogen) atoms. The highest BCUT2D eigenvalue weighted by Gasteiger charge is 2.12. The molecule has 0 aliphatic heterocycles. The molecule has 5 heteroatoms. The zero-order valence-corrected chi connectivity index (χ0v) is 11.4. The van der Waals surface area contributed by atoms with E-state index in [9.17, 15) is 4.39 Å². The quantitative estimate of drug-likeness (QED) is 0.900. The Kier molecular flexibility index (Phi) is 4.27. The molecule has 1 atom stereocenters. The molecule has 0 radical (unpaired) electrons. The van der Waals surface area contributed by atoms with Crippen molar-refractivity contribution in [1.82, 2.24) is 15.3 Å². The second-order valence-corrected chi connectivity index (χ2v) is 4.49. The summed E-state index contributed by atoms with van der Waals surface area (Å²) in [6, 6.07) is 3.18. The van der Waals surface area contributed by atoms with E-state index >= 15 is 0 Å². The molecule has 102 valence electrons. The number of aryl methyl sites for hydroxylation is 2. The molecule has 0 amide bonds. The number of hydrogen-bond donors (Lipinski definition) is 1. The van der Waals surface area contributed by atoms with Gasteiger partial charge in [0.2, 0.25) is 5.89 Å². The summed E-state index contributed by atoms with van der Waals surface area (Å²) < 4.78 is 18.4. The predicted octanol–water partition coefficient (Wildman–Crippen LogP) is 3.07. The molecule has 0 bridgehead atoms. The largest absolute Gasteiger partial charge is 0.444 e. The molecule has 0 aliphatic carbocycles. The zero-order valence-electron chi connectivity index (χ0n) is 11.4. The molecular formula is C14H18FN3O. The van der Waals surface area contributed by atoms with Crippen molar-refractivity contribution in [2.45, 2.75) is 39.8 Å². The van der Waals surface area contributed by atoms with Gasteiger partial charge in [-0.1, -0.05) is 6.92 Å². The monoisotopic (exact) mass is 263 g/mol. The summed E-state index contributed by atoms with van der Waals surface area (Å²) in [7, 11) is 0. The minimum atomic E-state index is -0.322. The van der Waals surface area contributed by atoms with Crippen LogP contribution in [0.3, 0.4) is 0 Å². The summed E-state index contributed by atoms with van der Waals surface area (Å²) >= 11 is 0. The molecule has 0 aliphatic rings. The van der Waals surface area contributed by atoms with Gasteiger partial charge in [0.05, 0.1) is 24.1 Å². The Labute approximate surface area is 112 Å². The fourth-order valence-electron chi connectivity index (χ4n) is 1.88. The standard InChI is InChI=1S/C14H18FN3O/c1-4-12(13-6-5-11(15)7-16-13)17-8-14-18-9(2)10(3)19-14/h5-7,12,17H,4,8H2,1-3H3. The van der Waals surface area contributed by atoms with Gasteiger partial charge in [-0.05, 0) is 32.4 Å². The summed E-state index contributed by atoms with van der Waals surface area (Å²) in [5.41, 5.74) is 1.73. The van der Waals surface area contributed by atoms with Gasteiger partial charge in [-0.3, -0.25) is 4.98 Å². The molecule has 0 aromatic carbocycles. The van der Waals surface area contributed by atoms with E-state index in [-0.39, 0.29) is 11.9 Å². The molecule has 0 saturated carbocycles. The number of rotatable bonds is 5. The van der Waals surface area contributed by atoms with Crippen molar-refractivity contribution in [3.8, 4) is 0 Å². The normalized spacial score (nSPS) is 12.6. The lowest BCUT2D eigenvalue weighted by atomic mass is 10.1. The fourth-order valence-corrected chi connectivity index (χ4v) is 1.88. The van der Waals surface area contributed by atoms with E-state index in [1.54, 1.807) is 6.07 Å². The number of hydrogen-bond acceptors (Lipinski definition) is 4.